The van der Waals surface area contributed by atoms with E-state index < -0.39 is 17.9 Å². The Hall–Kier alpha value is -1.56. The summed E-state index contributed by atoms with van der Waals surface area (Å²) in [7, 11) is 0. The summed E-state index contributed by atoms with van der Waals surface area (Å²) in [5.41, 5.74) is 6.14. The molecule has 0 radical (unpaired) electrons. The Balaban J connectivity index is 2.90. The van der Waals surface area contributed by atoms with Crippen molar-refractivity contribution in [2.24, 2.45) is 5.73 Å². The molecule has 0 aliphatic heterocycles. The van der Waals surface area contributed by atoms with Crippen LogP contribution in [0.15, 0.2) is 22.7 Å². The van der Waals surface area contributed by atoms with Gasteiger partial charge in [-0.3, -0.25) is 4.79 Å². The lowest BCUT2D eigenvalue weighted by atomic mass is 10.1. The number of carboxylic acid groups (broad SMARTS) is 1. The van der Waals surface area contributed by atoms with Gasteiger partial charge in [0.05, 0.1) is 5.56 Å². The van der Waals surface area contributed by atoms with Crippen LogP contribution in [0.2, 0.25) is 0 Å². The van der Waals surface area contributed by atoms with Gasteiger partial charge in [0.1, 0.15) is 6.04 Å². The van der Waals surface area contributed by atoms with E-state index in [2.05, 4.69) is 21.2 Å². The molecule has 0 saturated carbocycles. The fourth-order valence-corrected chi connectivity index (χ4v) is 1.92. The average molecular weight is 301 g/mol. The first kappa shape index (κ1) is 13.5. The molecule has 1 amide bonds. The van der Waals surface area contributed by atoms with Crippen molar-refractivity contribution in [3.05, 3.63) is 28.2 Å². The highest BCUT2D eigenvalue weighted by Crippen LogP contribution is 2.22. The molecule has 1 aromatic carbocycles. The molecule has 1 rings (SSSR count). The Morgan fingerprint density at radius 1 is 1.53 bits per heavy atom. The molecule has 0 bridgehead atoms. The van der Waals surface area contributed by atoms with Crippen molar-refractivity contribution in [2.75, 3.05) is 5.32 Å². The standard InChI is InChI=1S/C11H13BrN2O3/c1-2-9(11(16)17)14-6-3-4-7(10(13)15)8(12)5-6/h3-5,9,14H,2H2,1H3,(H2,13,15)(H,16,17). The second-order valence-corrected chi connectivity index (χ2v) is 4.36. The second-order valence-electron chi connectivity index (χ2n) is 3.50. The maximum Gasteiger partial charge on any atom is 0.326 e. The van der Waals surface area contributed by atoms with Crippen LogP contribution in [0.4, 0.5) is 5.69 Å². The average Bonchev–Trinajstić information content (AvgIpc) is 2.24. The van der Waals surface area contributed by atoms with Crippen LogP contribution >= 0.6 is 15.9 Å². The van der Waals surface area contributed by atoms with Crippen molar-refractivity contribution in [1.82, 2.24) is 0 Å². The highest BCUT2D eigenvalue weighted by molar-refractivity contribution is 9.10. The predicted octanol–water partition coefficient (Wildman–Crippen LogP) is 1.82. The Morgan fingerprint density at radius 2 is 2.18 bits per heavy atom. The predicted molar refractivity (Wildman–Crippen MR) is 68.0 cm³/mol. The first-order valence-corrected chi connectivity index (χ1v) is 5.83. The molecular weight excluding hydrogens is 288 g/mol. The van der Waals surface area contributed by atoms with Gasteiger partial charge in [0.15, 0.2) is 0 Å². The molecule has 1 unspecified atom stereocenters. The number of hydrogen-bond donors (Lipinski definition) is 3. The number of carboxylic acids is 1. The minimum Gasteiger partial charge on any atom is -0.480 e. The van der Waals surface area contributed by atoms with E-state index in [4.69, 9.17) is 10.8 Å². The number of primary amides is 1. The lowest BCUT2D eigenvalue weighted by molar-refractivity contribution is -0.137. The van der Waals surface area contributed by atoms with Crippen LogP contribution in [-0.4, -0.2) is 23.0 Å². The number of anilines is 1. The number of benzene rings is 1. The van der Waals surface area contributed by atoms with E-state index in [-0.39, 0.29) is 0 Å². The van der Waals surface area contributed by atoms with Crippen LogP contribution in [0.5, 0.6) is 0 Å². The molecule has 0 heterocycles. The van der Waals surface area contributed by atoms with Crippen molar-refractivity contribution < 1.29 is 14.7 Å². The summed E-state index contributed by atoms with van der Waals surface area (Å²) in [5.74, 6) is -1.45. The van der Waals surface area contributed by atoms with Gasteiger partial charge in [-0.2, -0.15) is 0 Å². The van der Waals surface area contributed by atoms with Crippen LogP contribution in [0, 0.1) is 0 Å². The first-order chi connectivity index (χ1) is 7.95. The smallest absolute Gasteiger partial charge is 0.326 e. The van der Waals surface area contributed by atoms with Crippen LogP contribution in [0.3, 0.4) is 0 Å². The molecule has 1 aromatic rings. The maximum absolute atomic E-state index is 11.0. The van der Waals surface area contributed by atoms with Gasteiger partial charge in [0.2, 0.25) is 5.91 Å². The van der Waals surface area contributed by atoms with Gasteiger partial charge in [0, 0.05) is 10.2 Å². The normalized spacial score (nSPS) is 11.9. The third-order valence-corrected chi connectivity index (χ3v) is 2.94. The van der Waals surface area contributed by atoms with E-state index in [9.17, 15) is 9.59 Å². The Bertz CT molecular complexity index is 448. The molecule has 0 aliphatic carbocycles. The number of aliphatic carboxylic acids is 1. The highest BCUT2D eigenvalue weighted by Gasteiger charge is 2.15. The quantitative estimate of drug-likeness (QED) is 0.773. The summed E-state index contributed by atoms with van der Waals surface area (Å²) < 4.78 is 0.537. The lowest BCUT2D eigenvalue weighted by Gasteiger charge is -2.14. The third-order valence-electron chi connectivity index (χ3n) is 2.28. The van der Waals surface area contributed by atoms with E-state index in [1.165, 1.54) is 0 Å². The van der Waals surface area contributed by atoms with Crippen LogP contribution in [0.1, 0.15) is 23.7 Å². The summed E-state index contributed by atoms with van der Waals surface area (Å²) in [6.45, 7) is 1.78. The number of nitrogens with two attached hydrogens (primary N) is 1. The van der Waals surface area contributed by atoms with Crippen molar-refractivity contribution in [1.29, 1.82) is 0 Å². The third kappa shape index (κ3) is 3.45. The Kier molecular flexibility index (Phi) is 4.51. The van der Waals surface area contributed by atoms with Gasteiger partial charge in [-0.15, -0.1) is 0 Å². The molecule has 0 fully saturated rings. The van der Waals surface area contributed by atoms with Crippen molar-refractivity contribution in [3.63, 3.8) is 0 Å². The number of amides is 1. The van der Waals surface area contributed by atoms with Gasteiger partial charge in [0.25, 0.3) is 0 Å². The highest BCUT2D eigenvalue weighted by atomic mass is 79.9. The van der Waals surface area contributed by atoms with Crippen LogP contribution < -0.4 is 11.1 Å². The maximum atomic E-state index is 11.0. The van der Waals surface area contributed by atoms with Crippen molar-refractivity contribution in [2.45, 2.75) is 19.4 Å². The first-order valence-electron chi connectivity index (χ1n) is 5.04. The van der Waals surface area contributed by atoms with E-state index in [1.54, 1.807) is 25.1 Å². The topological polar surface area (TPSA) is 92.4 Å². The molecule has 6 heteroatoms. The summed E-state index contributed by atoms with van der Waals surface area (Å²) in [4.78, 5) is 21.8. The molecule has 0 aliphatic rings. The van der Waals surface area contributed by atoms with E-state index in [1.807, 2.05) is 0 Å². The molecule has 5 nitrogen and oxygen atoms in total. The zero-order valence-electron chi connectivity index (χ0n) is 9.24. The Labute approximate surface area is 107 Å². The van der Waals surface area contributed by atoms with Gasteiger partial charge < -0.3 is 16.2 Å². The zero-order valence-corrected chi connectivity index (χ0v) is 10.8. The minimum absolute atomic E-state index is 0.360. The van der Waals surface area contributed by atoms with Crippen molar-refractivity contribution in [3.8, 4) is 0 Å². The molecule has 1 atom stereocenters. The minimum atomic E-state index is -0.914. The molecule has 0 saturated heterocycles. The summed E-state index contributed by atoms with van der Waals surface area (Å²) in [5, 5.41) is 11.8. The monoisotopic (exact) mass is 300 g/mol. The van der Waals surface area contributed by atoms with E-state index >= 15 is 0 Å². The summed E-state index contributed by atoms with van der Waals surface area (Å²) >= 11 is 3.21. The number of carbonyl (C=O) groups excluding carboxylic acids is 1. The van der Waals surface area contributed by atoms with E-state index in [0.717, 1.165) is 0 Å². The largest absolute Gasteiger partial charge is 0.480 e. The molecule has 0 spiro atoms. The summed E-state index contributed by atoms with van der Waals surface area (Å²) in [6, 6.07) is 4.15. The molecule has 0 aromatic heterocycles. The molecular formula is C11H13BrN2O3. The van der Waals surface area contributed by atoms with Crippen LogP contribution in [0.25, 0.3) is 0 Å². The van der Waals surface area contributed by atoms with Gasteiger partial charge in [-0.1, -0.05) is 6.92 Å². The fourth-order valence-electron chi connectivity index (χ4n) is 1.34. The Morgan fingerprint density at radius 3 is 2.59 bits per heavy atom. The van der Waals surface area contributed by atoms with Crippen LogP contribution in [-0.2, 0) is 4.79 Å². The SMILES string of the molecule is CCC(Nc1ccc(C(N)=O)c(Br)c1)C(=O)O. The number of halogens is 1. The number of rotatable bonds is 5. The second kappa shape index (κ2) is 5.67. The van der Waals surface area contributed by atoms with Gasteiger partial charge in [-0.05, 0) is 40.5 Å². The van der Waals surface area contributed by atoms with Crippen molar-refractivity contribution >= 4 is 33.5 Å². The molecule has 17 heavy (non-hydrogen) atoms. The number of nitrogens with one attached hydrogen (secondary N) is 1. The number of carbonyl (C=O) groups is 2. The number of hydrogen-bond acceptors (Lipinski definition) is 3. The molecule has 4 N–H and O–H groups in total. The van der Waals surface area contributed by atoms with E-state index in [0.29, 0.717) is 22.1 Å². The lowest BCUT2D eigenvalue weighted by Crippen LogP contribution is -2.28. The van der Waals surface area contributed by atoms with Gasteiger partial charge in [-0.25, -0.2) is 4.79 Å². The van der Waals surface area contributed by atoms with Gasteiger partial charge >= 0.3 is 5.97 Å². The zero-order chi connectivity index (χ0) is 13.0. The summed E-state index contributed by atoms with van der Waals surface area (Å²) in [6.07, 6.45) is 0.463. The molecule has 92 valence electrons. The fraction of sp³-hybridized carbons (Fsp3) is 0.273.